The number of aromatic nitrogens is 2. The van der Waals surface area contributed by atoms with Crippen LogP contribution in [0.1, 0.15) is 18.4 Å². The van der Waals surface area contributed by atoms with Crippen molar-refractivity contribution >= 4 is 32.8 Å². The number of carbonyl (C=O) groups is 1. The highest BCUT2D eigenvalue weighted by atomic mass is 32.2. The van der Waals surface area contributed by atoms with Crippen LogP contribution in [0, 0.1) is 0 Å². The van der Waals surface area contributed by atoms with Crippen LogP contribution in [-0.2, 0) is 35.5 Å². The lowest BCUT2D eigenvalue weighted by molar-refractivity contribution is 0.136. The first-order valence-corrected chi connectivity index (χ1v) is 12.4. The third-order valence-corrected chi connectivity index (χ3v) is 8.60. The van der Waals surface area contributed by atoms with Crippen LogP contribution in [0.2, 0.25) is 0 Å². The average Bonchev–Trinajstić information content (AvgIpc) is 2.85. The molecule has 0 atom stereocenters. The number of hydrogen-bond acceptors (Lipinski definition) is 6. The van der Waals surface area contributed by atoms with Gasteiger partial charge in [-0.05, 0) is 31.0 Å². The molecule has 2 aromatic carbocycles. The number of rotatable bonds is 3. The number of aryl methyl sites for hydroxylation is 2. The summed E-state index contributed by atoms with van der Waals surface area (Å²) in [5, 5.41) is 0. The number of anilines is 1. The molecule has 0 radical (unpaired) electrons. The zero-order valence-corrected chi connectivity index (χ0v) is 19.6. The molecule has 0 saturated carbocycles. The summed E-state index contributed by atoms with van der Waals surface area (Å²) in [7, 11) is -1.11. The number of carbonyl (C=O) groups excluding carboxylic acids is 1. The number of ether oxygens (including phenoxy) is 1. The zero-order valence-electron chi connectivity index (χ0n) is 18.8. The Hall–Kier alpha value is -3.44. The molecule has 3 aromatic rings. The summed E-state index contributed by atoms with van der Waals surface area (Å²) in [5.74, 6) is 0. The minimum absolute atomic E-state index is 0.0265. The highest BCUT2D eigenvalue weighted by molar-refractivity contribution is 7.89. The maximum absolute atomic E-state index is 13.6. The van der Waals surface area contributed by atoms with Gasteiger partial charge in [-0.2, -0.15) is 4.31 Å². The van der Waals surface area contributed by atoms with Gasteiger partial charge in [-0.25, -0.2) is 13.2 Å². The van der Waals surface area contributed by atoms with Crippen molar-refractivity contribution in [3.8, 4) is 0 Å². The molecule has 2 aliphatic heterocycles. The van der Waals surface area contributed by atoms with E-state index in [-0.39, 0.29) is 36.2 Å². The molecule has 1 fully saturated rings. The van der Waals surface area contributed by atoms with Crippen LogP contribution in [0.25, 0.3) is 11.0 Å². The highest BCUT2D eigenvalue weighted by Gasteiger charge is 2.37. The van der Waals surface area contributed by atoms with Gasteiger partial charge in [-0.3, -0.25) is 14.5 Å². The Balaban J connectivity index is 1.47. The van der Waals surface area contributed by atoms with E-state index in [4.69, 9.17) is 4.74 Å². The fraction of sp³-hybridized carbons (Fsp3) is 0.348. The second-order valence-corrected chi connectivity index (χ2v) is 10.4. The van der Waals surface area contributed by atoms with Crippen LogP contribution in [0.3, 0.4) is 0 Å². The summed E-state index contributed by atoms with van der Waals surface area (Å²) in [5.41, 5.74) is 0.739. The molecule has 5 rings (SSSR count). The lowest BCUT2D eigenvalue weighted by Crippen LogP contribution is -2.50. The molecule has 0 spiro atoms. The van der Waals surface area contributed by atoms with Crippen molar-refractivity contribution in [2.24, 2.45) is 14.1 Å². The highest BCUT2D eigenvalue weighted by Crippen LogP contribution is 2.33. The fourth-order valence-electron chi connectivity index (χ4n) is 4.83. The molecule has 1 amide bonds. The van der Waals surface area contributed by atoms with Crippen molar-refractivity contribution < 1.29 is 17.9 Å². The summed E-state index contributed by atoms with van der Waals surface area (Å²) in [6.07, 6.45) is 0.445. The SMILES string of the molecule is Cn1c(=O)c(=O)n(C)c2c(S(=O)(=O)N3CCC(N4C(=O)OCc5ccccc54)CC3)cccc21. The van der Waals surface area contributed by atoms with Gasteiger partial charge in [-0.15, -0.1) is 0 Å². The molecule has 0 N–H and O–H groups in total. The monoisotopic (exact) mass is 484 g/mol. The normalized spacial score (nSPS) is 17.6. The smallest absolute Gasteiger partial charge is 0.414 e. The average molecular weight is 485 g/mol. The molecular formula is C23H24N4O6S. The van der Waals surface area contributed by atoms with Gasteiger partial charge in [-0.1, -0.05) is 24.3 Å². The Morgan fingerprint density at radius 2 is 1.56 bits per heavy atom. The molecule has 0 aliphatic carbocycles. The van der Waals surface area contributed by atoms with Crippen LogP contribution in [0.4, 0.5) is 10.5 Å². The third kappa shape index (κ3) is 3.34. The van der Waals surface area contributed by atoms with Crippen LogP contribution >= 0.6 is 0 Å². The third-order valence-electron chi connectivity index (χ3n) is 6.67. The number of fused-ring (bicyclic) bond motifs is 2. The first-order valence-electron chi connectivity index (χ1n) is 10.9. The van der Waals surface area contributed by atoms with E-state index in [1.165, 1.54) is 29.0 Å². The Morgan fingerprint density at radius 3 is 2.29 bits per heavy atom. The van der Waals surface area contributed by atoms with Crippen molar-refractivity contribution in [1.29, 1.82) is 0 Å². The topological polar surface area (TPSA) is 111 Å². The molecule has 1 aromatic heterocycles. The fourth-order valence-corrected chi connectivity index (χ4v) is 6.53. The largest absolute Gasteiger partial charge is 0.444 e. The first kappa shape index (κ1) is 22.4. The maximum Gasteiger partial charge on any atom is 0.414 e. The van der Waals surface area contributed by atoms with Crippen molar-refractivity contribution in [2.45, 2.75) is 30.4 Å². The van der Waals surface area contributed by atoms with E-state index in [0.29, 0.717) is 18.4 Å². The Bertz CT molecular complexity index is 1530. The van der Waals surface area contributed by atoms with E-state index in [1.807, 2.05) is 24.3 Å². The Kier molecular flexibility index (Phi) is 5.33. The number of piperidine rings is 1. The van der Waals surface area contributed by atoms with Crippen molar-refractivity contribution in [2.75, 3.05) is 18.0 Å². The molecule has 1 saturated heterocycles. The predicted molar refractivity (Wildman–Crippen MR) is 125 cm³/mol. The molecule has 0 unspecified atom stereocenters. The molecule has 178 valence electrons. The number of sulfonamides is 1. The molecular weight excluding hydrogens is 460 g/mol. The molecule has 34 heavy (non-hydrogen) atoms. The first-order chi connectivity index (χ1) is 16.2. The van der Waals surface area contributed by atoms with E-state index in [9.17, 15) is 22.8 Å². The molecule has 10 nitrogen and oxygen atoms in total. The second-order valence-electron chi connectivity index (χ2n) is 8.54. The van der Waals surface area contributed by atoms with E-state index in [0.717, 1.165) is 15.8 Å². The van der Waals surface area contributed by atoms with Crippen LogP contribution < -0.4 is 16.0 Å². The van der Waals surface area contributed by atoms with Gasteiger partial charge in [0, 0.05) is 38.8 Å². The minimum Gasteiger partial charge on any atom is -0.444 e. The summed E-state index contributed by atoms with van der Waals surface area (Å²) < 4.78 is 36.2. The number of amides is 1. The maximum atomic E-state index is 13.6. The number of para-hydroxylation sites is 2. The van der Waals surface area contributed by atoms with Gasteiger partial charge in [0.2, 0.25) is 10.0 Å². The van der Waals surface area contributed by atoms with Crippen molar-refractivity contribution in [3.05, 3.63) is 68.7 Å². The van der Waals surface area contributed by atoms with E-state index < -0.39 is 27.2 Å². The number of hydrogen-bond donors (Lipinski definition) is 0. The van der Waals surface area contributed by atoms with Crippen LogP contribution in [0.15, 0.2) is 56.9 Å². The summed E-state index contributed by atoms with van der Waals surface area (Å²) in [6, 6.07) is 12.0. The Morgan fingerprint density at radius 1 is 0.882 bits per heavy atom. The molecule has 3 heterocycles. The number of cyclic esters (lactones) is 1. The lowest BCUT2D eigenvalue weighted by atomic mass is 10.0. The van der Waals surface area contributed by atoms with Gasteiger partial charge in [0.05, 0.1) is 16.7 Å². The van der Waals surface area contributed by atoms with Crippen LogP contribution in [0.5, 0.6) is 0 Å². The summed E-state index contributed by atoms with van der Waals surface area (Å²) in [4.78, 5) is 38.7. The van der Waals surface area contributed by atoms with E-state index in [2.05, 4.69) is 0 Å². The van der Waals surface area contributed by atoms with Gasteiger partial charge < -0.3 is 13.9 Å². The minimum atomic E-state index is -3.96. The molecule has 11 heteroatoms. The lowest BCUT2D eigenvalue weighted by Gasteiger charge is -2.39. The van der Waals surface area contributed by atoms with E-state index in [1.54, 1.807) is 17.0 Å². The standard InChI is InChI=1S/C23H24N4O6S/c1-24-18-8-5-9-19(20(18)25(2)22(29)21(24)28)34(31,32)26-12-10-16(11-13-26)27-17-7-4-3-6-15(17)14-33-23(27)30/h3-9,16H,10-14H2,1-2H3. The zero-order chi connectivity index (χ0) is 24.2. The van der Waals surface area contributed by atoms with Gasteiger partial charge in [0.15, 0.2) is 0 Å². The molecule has 0 bridgehead atoms. The summed E-state index contributed by atoms with van der Waals surface area (Å²) in [6.45, 7) is 0.630. The van der Waals surface area contributed by atoms with Gasteiger partial charge in [0.1, 0.15) is 11.5 Å². The second kappa shape index (κ2) is 8.10. The van der Waals surface area contributed by atoms with E-state index >= 15 is 0 Å². The van der Waals surface area contributed by atoms with Crippen LogP contribution in [-0.4, -0.2) is 47.1 Å². The number of nitrogens with zero attached hydrogens (tertiary/aromatic N) is 4. The Labute approximate surface area is 195 Å². The predicted octanol–water partition coefficient (Wildman–Crippen LogP) is 1.55. The van der Waals surface area contributed by atoms with Gasteiger partial charge in [0.25, 0.3) is 0 Å². The van der Waals surface area contributed by atoms with Gasteiger partial charge >= 0.3 is 17.2 Å². The van der Waals surface area contributed by atoms with Crippen molar-refractivity contribution in [3.63, 3.8) is 0 Å². The summed E-state index contributed by atoms with van der Waals surface area (Å²) >= 11 is 0. The van der Waals surface area contributed by atoms with Crippen molar-refractivity contribution in [1.82, 2.24) is 13.4 Å². The quantitative estimate of drug-likeness (QED) is 0.522. The number of benzene rings is 2. The molecule has 2 aliphatic rings.